The standard InChI is InChI=1S/C11H8F2N4S/c12-6-1-2-7(13)8(5-6)17-11-9(10(14)18)15-3-4-16-11/h1-5H,(H2,14,18)(H,16,17). The average Bonchev–Trinajstić information content (AvgIpc) is 2.34. The Morgan fingerprint density at radius 2 is 1.94 bits per heavy atom. The van der Waals surface area contributed by atoms with Gasteiger partial charge in [0, 0.05) is 18.5 Å². The fourth-order valence-corrected chi connectivity index (χ4v) is 1.48. The van der Waals surface area contributed by atoms with Gasteiger partial charge in [0.1, 0.15) is 22.3 Å². The van der Waals surface area contributed by atoms with Crippen molar-refractivity contribution in [2.24, 2.45) is 5.73 Å². The summed E-state index contributed by atoms with van der Waals surface area (Å²) in [5, 5.41) is 2.61. The third-order valence-electron chi connectivity index (χ3n) is 2.11. The SMILES string of the molecule is NC(=S)c1nccnc1Nc1cc(F)ccc1F. The van der Waals surface area contributed by atoms with E-state index in [1.807, 2.05) is 0 Å². The Balaban J connectivity index is 2.40. The number of halogens is 2. The molecule has 0 aliphatic heterocycles. The summed E-state index contributed by atoms with van der Waals surface area (Å²) < 4.78 is 26.5. The summed E-state index contributed by atoms with van der Waals surface area (Å²) >= 11 is 4.79. The van der Waals surface area contributed by atoms with Gasteiger partial charge in [-0.25, -0.2) is 18.7 Å². The zero-order valence-corrected chi connectivity index (χ0v) is 9.84. The molecule has 1 heterocycles. The molecule has 2 rings (SSSR count). The molecule has 3 N–H and O–H groups in total. The van der Waals surface area contributed by atoms with Crippen LogP contribution in [0.15, 0.2) is 30.6 Å². The number of benzene rings is 1. The first-order chi connectivity index (χ1) is 8.58. The van der Waals surface area contributed by atoms with Crippen LogP contribution in [0.1, 0.15) is 5.69 Å². The molecule has 2 aromatic rings. The zero-order chi connectivity index (χ0) is 13.1. The molecule has 1 aromatic heterocycles. The Morgan fingerprint density at radius 1 is 1.22 bits per heavy atom. The largest absolute Gasteiger partial charge is 0.388 e. The van der Waals surface area contributed by atoms with E-state index in [-0.39, 0.29) is 22.2 Å². The van der Waals surface area contributed by atoms with E-state index in [9.17, 15) is 8.78 Å². The van der Waals surface area contributed by atoms with Gasteiger partial charge in [0.25, 0.3) is 0 Å². The highest BCUT2D eigenvalue weighted by atomic mass is 32.1. The van der Waals surface area contributed by atoms with Crippen molar-refractivity contribution in [3.63, 3.8) is 0 Å². The zero-order valence-electron chi connectivity index (χ0n) is 9.02. The van der Waals surface area contributed by atoms with Crippen LogP contribution < -0.4 is 11.1 Å². The van der Waals surface area contributed by atoms with Crippen molar-refractivity contribution >= 4 is 28.7 Å². The van der Waals surface area contributed by atoms with E-state index >= 15 is 0 Å². The summed E-state index contributed by atoms with van der Waals surface area (Å²) in [5.74, 6) is -1.01. The molecule has 0 unspecified atom stereocenters. The molecule has 0 radical (unpaired) electrons. The molecule has 7 heteroatoms. The number of aromatic nitrogens is 2. The van der Waals surface area contributed by atoms with Crippen molar-refractivity contribution in [2.45, 2.75) is 0 Å². The monoisotopic (exact) mass is 266 g/mol. The maximum Gasteiger partial charge on any atom is 0.159 e. The van der Waals surface area contributed by atoms with Crippen LogP contribution in [0, 0.1) is 11.6 Å². The van der Waals surface area contributed by atoms with Gasteiger partial charge in [0.05, 0.1) is 5.69 Å². The van der Waals surface area contributed by atoms with Crippen LogP contribution in [0.2, 0.25) is 0 Å². The lowest BCUT2D eigenvalue weighted by atomic mass is 10.3. The normalized spacial score (nSPS) is 10.1. The first-order valence-electron chi connectivity index (χ1n) is 4.91. The molecule has 0 bridgehead atoms. The topological polar surface area (TPSA) is 63.8 Å². The first-order valence-corrected chi connectivity index (χ1v) is 5.31. The van der Waals surface area contributed by atoms with Crippen LogP contribution in [0.25, 0.3) is 0 Å². The second kappa shape index (κ2) is 5.01. The highest BCUT2D eigenvalue weighted by Gasteiger charge is 2.10. The lowest BCUT2D eigenvalue weighted by molar-refractivity contribution is 0.603. The Bertz CT molecular complexity index is 603. The van der Waals surface area contributed by atoms with E-state index < -0.39 is 11.6 Å². The van der Waals surface area contributed by atoms with Crippen molar-refractivity contribution in [1.29, 1.82) is 0 Å². The highest BCUT2D eigenvalue weighted by molar-refractivity contribution is 7.80. The number of hydrogen-bond donors (Lipinski definition) is 2. The number of rotatable bonds is 3. The molecule has 0 saturated heterocycles. The van der Waals surface area contributed by atoms with E-state index in [2.05, 4.69) is 15.3 Å². The number of nitrogens with two attached hydrogens (primary N) is 1. The maximum atomic E-state index is 13.4. The molecule has 0 aliphatic rings. The van der Waals surface area contributed by atoms with Gasteiger partial charge in [-0.15, -0.1) is 0 Å². The maximum absolute atomic E-state index is 13.4. The van der Waals surface area contributed by atoms with Crippen LogP contribution in [-0.2, 0) is 0 Å². The number of anilines is 2. The summed E-state index contributed by atoms with van der Waals surface area (Å²) in [7, 11) is 0. The van der Waals surface area contributed by atoms with E-state index in [0.29, 0.717) is 0 Å². The van der Waals surface area contributed by atoms with Gasteiger partial charge in [-0.1, -0.05) is 12.2 Å². The molecular weight excluding hydrogens is 258 g/mol. The lowest BCUT2D eigenvalue weighted by Gasteiger charge is -2.09. The van der Waals surface area contributed by atoms with Crippen LogP contribution >= 0.6 is 12.2 Å². The minimum atomic E-state index is -0.615. The molecule has 18 heavy (non-hydrogen) atoms. The lowest BCUT2D eigenvalue weighted by Crippen LogP contribution is -2.15. The Kier molecular flexibility index (Phi) is 3.42. The van der Waals surface area contributed by atoms with Crippen LogP contribution in [0.3, 0.4) is 0 Å². The molecular formula is C11H8F2N4S. The smallest absolute Gasteiger partial charge is 0.159 e. The fourth-order valence-electron chi connectivity index (χ4n) is 1.33. The van der Waals surface area contributed by atoms with E-state index in [1.54, 1.807) is 0 Å². The highest BCUT2D eigenvalue weighted by Crippen LogP contribution is 2.21. The van der Waals surface area contributed by atoms with Gasteiger partial charge in [-0.2, -0.15) is 0 Å². The van der Waals surface area contributed by atoms with Crippen molar-refractivity contribution < 1.29 is 8.78 Å². The second-order valence-corrected chi connectivity index (χ2v) is 3.81. The van der Waals surface area contributed by atoms with E-state index in [1.165, 1.54) is 12.4 Å². The van der Waals surface area contributed by atoms with Gasteiger partial charge in [-0.05, 0) is 12.1 Å². The molecule has 92 valence electrons. The molecule has 0 spiro atoms. The predicted octanol–water partition coefficient (Wildman–Crippen LogP) is 2.13. The summed E-state index contributed by atoms with van der Waals surface area (Å²) in [6.07, 6.45) is 2.79. The summed E-state index contributed by atoms with van der Waals surface area (Å²) in [4.78, 5) is 7.87. The molecule has 0 amide bonds. The summed E-state index contributed by atoms with van der Waals surface area (Å²) in [6.45, 7) is 0. The average molecular weight is 266 g/mol. The Morgan fingerprint density at radius 3 is 2.67 bits per heavy atom. The molecule has 0 aliphatic carbocycles. The quantitative estimate of drug-likeness (QED) is 0.833. The van der Waals surface area contributed by atoms with Gasteiger partial charge in [-0.3, -0.25) is 0 Å². The minimum absolute atomic E-state index is 0.0161. The minimum Gasteiger partial charge on any atom is -0.388 e. The van der Waals surface area contributed by atoms with Crippen molar-refractivity contribution in [2.75, 3.05) is 5.32 Å². The molecule has 0 fully saturated rings. The van der Waals surface area contributed by atoms with Gasteiger partial charge >= 0.3 is 0 Å². The third-order valence-corrected chi connectivity index (χ3v) is 2.31. The Labute approximate surface area is 107 Å². The predicted molar refractivity (Wildman–Crippen MR) is 67.6 cm³/mol. The molecule has 1 aromatic carbocycles. The first kappa shape index (κ1) is 12.3. The number of nitrogens with zero attached hydrogens (tertiary/aromatic N) is 2. The van der Waals surface area contributed by atoms with Crippen LogP contribution in [-0.4, -0.2) is 15.0 Å². The third kappa shape index (κ3) is 2.57. The number of nitrogens with one attached hydrogen (secondary N) is 1. The Hall–Kier alpha value is -2.15. The van der Waals surface area contributed by atoms with Crippen molar-refractivity contribution in [1.82, 2.24) is 9.97 Å². The van der Waals surface area contributed by atoms with E-state index in [0.717, 1.165) is 18.2 Å². The van der Waals surface area contributed by atoms with Crippen LogP contribution in [0.4, 0.5) is 20.3 Å². The molecule has 4 nitrogen and oxygen atoms in total. The van der Waals surface area contributed by atoms with Gasteiger partial charge in [0.15, 0.2) is 5.82 Å². The molecule has 0 saturated carbocycles. The van der Waals surface area contributed by atoms with Crippen molar-refractivity contribution in [3.8, 4) is 0 Å². The van der Waals surface area contributed by atoms with Crippen LogP contribution in [0.5, 0.6) is 0 Å². The summed E-state index contributed by atoms with van der Waals surface area (Å²) in [5.41, 5.74) is 5.61. The second-order valence-electron chi connectivity index (χ2n) is 3.37. The summed E-state index contributed by atoms with van der Waals surface area (Å²) in [6, 6.07) is 3.04. The van der Waals surface area contributed by atoms with Gasteiger partial charge in [0.2, 0.25) is 0 Å². The van der Waals surface area contributed by atoms with Crippen molar-refractivity contribution in [3.05, 3.63) is 47.9 Å². The number of hydrogen-bond acceptors (Lipinski definition) is 4. The van der Waals surface area contributed by atoms with E-state index in [4.69, 9.17) is 18.0 Å². The van der Waals surface area contributed by atoms with Gasteiger partial charge < -0.3 is 11.1 Å². The fraction of sp³-hybridized carbons (Fsp3) is 0. The number of thiocarbonyl (C=S) groups is 1. The molecule has 0 atom stereocenters.